The van der Waals surface area contributed by atoms with Crippen LogP contribution in [-0.2, 0) is 9.59 Å². The number of carbonyl (C=O) groups excluding carboxylic acids is 2. The highest BCUT2D eigenvalue weighted by atomic mass is 35.5. The summed E-state index contributed by atoms with van der Waals surface area (Å²) in [4.78, 5) is 22.9. The van der Waals surface area contributed by atoms with Crippen LogP contribution in [0.4, 0.5) is 5.69 Å². The van der Waals surface area contributed by atoms with Crippen molar-refractivity contribution in [3.63, 3.8) is 0 Å². The van der Waals surface area contributed by atoms with Crippen molar-refractivity contribution in [3.05, 3.63) is 29.3 Å². The van der Waals surface area contributed by atoms with Crippen molar-refractivity contribution >= 4 is 29.1 Å². The Balaban J connectivity index is 1.70. The number of nitrogens with one attached hydrogen (secondary N) is 2. The Morgan fingerprint density at radius 1 is 1.14 bits per heavy atom. The van der Waals surface area contributed by atoms with Crippen molar-refractivity contribution < 1.29 is 9.59 Å². The number of benzene rings is 1. The molecule has 0 bridgehead atoms. The second-order valence-electron chi connectivity index (χ2n) is 5.39. The predicted octanol–water partition coefficient (Wildman–Crippen LogP) is 1.91. The molecule has 0 radical (unpaired) electrons. The van der Waals surface area contributed by atoms with Gasteiger partial charge in [0.15, 0.2) is 0 Å². The Hall–Kier alpha value is -1.59. The monoisotopic (exact) mass is 309 g/mol. The van der Waals surface area contributed by atoms with E-state index in [-0.39, 0.29) is 30.3 Å². The quantitative estimate of drug-likeness (QED) is 0.777. The highest BCUT2D eigenvalue weighted by molar-refractivity contribution is 6.30. The smallest absolute Gasteiger partial charge is 0.238 e. The molecule has 4 N–H and O–H groups in total. The van der Waals surface area contributed by atoms with E-state index in [1.54, 1.807) is 24.3 Å². The lowest BCUT2D eigenvalue weighted by molar-refractivity contribution is -0.123. The third-order valence-electron chi connectivity index (χ3n) is 3.81. The van der Waals surface area contributed by atoms with Crippen LogP contribution in [0, 0.1) is 5.92 Å². The summed E-state index contributed by atoms with van der Waals surface area (Å²) in [5, 5.41) is 6.66. The molecular formula is C15H20ClN3O2. The lowest BCUT2D eigenvalue weighted by Crippen LogP contribution is -2.40. The average molecular weight is 310 g/mol. The van der Waals surface area contributed by atoms with Gasteiger partial charge in [-0.15, -0.1) is 0 Å². The Morgan fingerprint density at radius 3 is 2.33 bits per heavy atom. The lowest BCUT2D eigenvalue weighted by Gasteiger charge is -2.27. The Labute approximate surface area is 129 Å². The van der Waals surface area contributed by atoms with E-state index in [1.165, 1.54) is 0 Å². The number of hydrogen-bond acceptors (Lipinski definition) is 3. The SMILES string of the molecule is NC(=O)C1CCC(NCC(=O)Nc2ccc(Cl)cc2)CC1. The highest BCUT2D eigenvalue weighted by Crippen LogP contribution is 2.23. The number of carbonyl (C=O) groups is 2. The van der Waals surface area contributed by atoms with Gasteiger partial charge >= 0.3 is 0 Å². The van der Waals surface area contributed by atoms with E-state index >= 15 is 0 Å². The van der Waals surface area contributed by atoms with Gasteiger partial charge in [-0.25, -0.2) is 0 Å². The summed E-state index contributed by atoms with van der Waals surface area (Å²) in [5.41, 5.74) is 6.02. The highest BCUT2D eigenvalue weighted by Gasteiger charge is 2.24. The van der Waals surface area contributed by atoms with Crippen molar-refractivity contribution in [2.75, 3.05) is 11.9 Å². The number of primary amides is 1. The van der Waals surface area contributed by atoms with Gasteiger partial charge in [0, 0.05) is 22.7 Å². The second-order valence-corrected chi connectivity index (χ2v) is 5.82. The molecule has 0 spiro atoms. The summed E-state index contributed by atoms with van der Waals surface area (Å²) in [6.45, 7) is 0.258. The van der Waals surface area contributed by atoms with E-state index < -0.39 is 0 Å². The molecule has 0 aliphatic heterocycles. The maximum absolute atomic E-state index is 11.8. The summed E-state index contributed by atoms with van der Waals surface area (Å²) in [5.74, 6) is -0.311. The fourth-order valence-corrected chi connectivity index (χ4v) is 2.68. The third-order valence-corrected chi connectivity index (χ3v) is 4.06. The Kier molecular flexibility index (Phi) is 5.59. The average Bonchev–Trinajstić information content (AvgIpc) is 2.48. The van der Waals surface area contributed by atoms with Gasteiger partial charge in [-0.2, -0.15) is 0 Å². The number of amides is 2. The van der Waals surface area contributed by atoms with Crippen molar-refractivity contribution in [1.82, 2.24) is 5.32 Å². The number of hydrogen-bond donors (Lipinski definition) is 3. The molecule has 6 heteroatoms. The van der Waals surface area contributed by atoms with Gasteiger partial charge in [-0.3, -0.25) is 9.59 Å². The summed E-state index contributed by atoms with van der Waals surface area (Å²) in [7, 11) is 0. The second kappa shape index (κ2) is 7.43. The molecule has 0 unspecified atom stereocenters. The minimum Gasteiger partial charge on any atom is -0.369 e. The Bertz CT molecular complexity index is 496. The van der Waals surface area contributed by atoms with E-state index in [0.717, 1.165) is 31.4 Å². The largest absolute Gasteiger partial charge is 0.369 e. The van der Waals surface area contributed by atoms with E-state index in [4.69, 9.17) is 17.3 Å². The van der Waals surface area contributed by atoms with Gasteiger partial charge in [-0.1, -0.05) is 11.6 Å². The third kappa shape index (κ3) is 5.02. The molecule has 1 fully saturated rings. The fourth-order valence-electron chi connectivity index (χ4n) is 2.56. The molecule has 0 aromatic heterocycles. The number of nitrogens with two attached hydrogens (primary N) is 1. The molecule has 2 rings (SSSR count). The van der Waals surface area contributed by atoms with Gasteiger partial charge in [-0.05, 0) is 49.9 Å². The molecule has 1 saturated carbocycles. The first-order chi connectivity index (χ1) is 10.0. The lowest BCUT2D eigenvalue weighted by atomic mass is 9.85. The summed E-state index contributed by atoms with van der Waals surface area (Å²) in [6.07, 6.45) is 3.35. The van der Waals surface area contributed by atoms with Crippen molar-refractivity contribution in [3.8, 4) is 0 Å². The van der Waals surface area contributed by atoms with Crippen molar-refractivity contribution in [2.45, 2.75) is 31.7 Å². The molecule has 5 nitrogen and oxygen atoms in total. The molecule has 114 valence electrons. The maximum atomic E-state index is 11.8. The van der Waals surface area contributed by atoms with E-state index in [9.17, 15) is 9.59 Å². The van der Waals surface area contributed by atoms with Crippen LogP contribution in [0.15, 0.2) is 24.3 Å². The first-order valence-corrected chi connectivity index (χ1v) is 7.50. The van der Waals surface area contributed by atoms with Gasteiger partial charge in [0.25, 0.3) is 0 Å². The Morgan fingerprint density at radius 2 is 1.76 bits per heavy atom. The van der Waals surface area contributed by atoms with Crippen LogP contribution in [0.2, 0.25) is 5.02 Å². The first-order valence-electron chi connectivity index (χ1n) is 7.12. The fraction of sp³-hybridized carbons (Fsp3) is 0.467. The summed E-state index contributed by atoms with van der Waals surface area (Å²) < 4.78 is 0. The minimum atomic E-state index is -0.214. The molecule has 0 heterocycles. The zero-order chi connectivity index (χ0) is 15.2. The molecule has 1 aromatic carbocycles. The first kappa shape index (κ1) is 15.8. The summed E-state index contributed by atoms with van der Waals surface area (Å²) in [6, 6.07) is 7.26. The standard InChI is InChI=1S/C15H20ClN3O2/c16-11-3-7-13(8-4-11)19-14(20)9-18-12-5-1-10(2-6-12)15(17)21/h3-4,7-8,10,12,18H,1-2,5-6,9H2,(H2,17,21)(H,19,20). The van der Waals surface area contributed by atoms with Gasteiger partial charge in [0.2, 0.25) is 11.8 Å². The van der Waals surface area contributed by atoms with Crippen LogP contribution in [0.5, 0.6) is 0 Å². The zero-order valence-electron chi connectivity index (χ0n) is 11.8. The molecular weight excluding hydrogens is 290 g/mol. The molecule has 2 amide bonds. The van der Waals surface area contributed by atoms with Crippen LogP contribution >= 0.6 is 11.6 Å². The normalized spacial score (nSPS) is 21.8. The van der Waals surface area contributed by atoms with E-state index in [0.29, 0.717) is 5.02 Å². The maximum Gasteiger partial charge on any atom is 0.238 e. The topological polar surface area (TPSA) is 84.2 Å². The molecule has 21 heavy (non-hydrogen) atoms. The minimum absolute atomic E-state index is 0.00839. The molecule has 1 aliphatic carbocycles. The van der Waals surface area contributed by atoms with Crippen LogP contribution in [0.3, 0.4) is 0 Å². The van der Waals surface area contributed by atoms with E-state index in [2.05, 4.69) is 10.6 Å². The zero-order valence-corrected chi connectivity index (χ0v) is 12.5. The van der Waals surface area contributed by atoms with Gasteiger partial charge in [0.05, 0.1) is 6.54 Å². The van der Waals surface area contributed by atoms with Crippen molar-refractivity contribution in [2.24, 2.45) is 11.7 Å². The number of anilines is 1. The predicted molar refractivity (Wildman–Crippen MR) is 83.0 cm³/mol. The van der Waals surface area contributed by atoms with Crippen LogP contribution in [0.1, 0.15) is 25.7 Å². The number of halogens is 1. The molecule has 1 aromatic rings. The van der Waals surface area contributed by atoms with Crippen molar-refractivity contribution in [1.29, 1.82) is 0 Å². The van der Waals surface area contributed by atoms with Gasteiger partial charge in [0.1, 0.15) is 0 Å². The molecule has 0 saturated heterocycles. The molecule has 1 aliphatic rings. The van der Waals surface area contributed by atoms with E-state index in [1.807, 2.05) is 0 Å². The molecule has 0 atom stereocenters. The van der Waals surface area contributed by atoms with Crippen LogP contribution < -0.4 is 16.4 Å². The van der Waals surface area contributed by atoms with Crippen LogP contribution in [-0.4, -0.2) is 24.4 Å². The number of rotatable bonds is 5. The van der Waals surface area contributed by atoms with Gasteiger partial charge < -0.3 is 16.4 Å². The summed E-state index contributed by atoms with van der Waals surface area (Å²) >= 11 is 5.79. The van der Waals surface area contributed by atoms with Crippen LogP contribution in [0.25, 0.3) is 0 Å².